The number of hydrogen-bond acceptors (Lipinski definition) is 4. The van der Waals surface area contributed by atoms with Crippen LogP contribution in [-0.4, -0.2) is 35.2 Å². The molecule has 1 aromatic rings. The number of benzene rings is 1. The van der Waals surface area contributed by atoms with Crippen molar-refractivity contribution in [1.82, 2.24) is 0 Å². The first-order chi connectivity index (χ1) is 14.4. The van der Waals surface area contributed by atoms with E-state index >= 15 is 0 Å². The molecule has 5 nitrogen and oxygen atoms in total. The number of carboxylic acids is 1. The van der Waals surface area contributed by atoms with Crippen LogP contribution >= 0.6 is 0 Å². The predicted molar refractivity (Wildman–Crippen MR) is 117 cm³/mol. The Balaban J connectivity index is 1.91. The molecule has 0 amide bonds. The lowest BCUT2D eigenvalue weighted by molar-refractivity contribution is -0.137. The number of aliphatic hydroxyl groups excluding tert-OH is 1. The molecule has 30 heavy (non-hydrogen) atoms. The molecule has 1 aliphatic rings. The summed E-state index contributed by atoms with van der Waals surface area (Å²) in [6.45, 7) is 2.54. The standard InChI is InChI=1S/C25H34O5/c1-18(21-9-7-8-19(16-21)17-30-2)23(26)14-12-20-13-15-24(27)22(20)10-5-3-4-6-11-25(28)29/h3,5,7-9,12,14,16,18,20,22-23,26H,4,6,10-11,13,15,17H2,1-2H3,(H,28,29)/b5-3-,14-12+/t18?,20-,22+,23?/m0/s1. The largest absolute Gasteiger partial charge is 0.481 e. The van der Waals surface area contributed by atoms with E-state index in [-0.39, 0.29) is 30.0 Å². The summed E-state index contributed by atoms with van der Waals surface area (Å²) < 4.78 is 5.18. The molecule has 5 heteroatoms. The molecule has 1 fully saturated rings. The Hall–Kier alpha value is -2.24. The zero-order valence-electron chi connectivity index (χ0n) is 18.0. The van der Waals surface area contributed by atoms with Gasteiger partial charge in [-0.15, -0.1) is 0 Å². The Morgan fingerprint density at radius 1 is 1.33 bits per heavy atom. The van der Waals surface area contributed by atoms with Gasteiger partial charge in [0.25, 0.3) is 0 Å². The minimum absolute atomic E-state index is 0.0514. The number of aliphatic hydroxyl groups is 1. The number of Topliss-reactive ketones (excluding diaryl/α,β-unsaturated/α-hetero) is 1. The first kappa shape index (κ1) is 24.0. The van der Waals surface area contributed by atoms with Gasteiger partial charge in [-0.05, 0) is 42.7 Å². The zero-order chi connectivity index (χ0) is 21.9. The molecule has 1 aliphatic carbocycles. The van der Waals surface area contributed by atoms with Gasteiger partial charge in [-0.2, -0.15) is 0 Å². The van der Waals surface area contributed by atoms with E-state index in [1.165, 1.54) is 0 Å². The van der Waals surface area contributed by atoms with Crippen LogP contribution in [0.15, 0.2) is 48.6 Å². The van der Waals surface area contributed by atoms with Crippen molar-refractivity contribution in [3.8, 4) is 0 Å². The van der Waals surface area contributed by atoms with Crippen molar-refractivity contribution >= 4 is 11.8 Å². The molecule has 0 bridgehead atoms. The lowest BCUT2D eigenvalue weighted by atomic mass is 9.89. The van der Waals surface area contributed by atoms with Crippen LogP contribution < -0.4 is 0 Å². The molecular formula is C25H34O5. The number of methoxy groups -OCH3 is 1. The quantitative estimate of drug-likeness (QED) is 0.384. The van der Waals surface area contributed by atoms with Crippen LogP contribution in [0.3, 0.4) is 0 Å². The van der Waals surface area contributed by atoms with Crippen molar-refractivity contribution in [2.45, 2.75) is 64.1 Å². The van der Waals surface area contributed by atoms with Gasteiger partial charge in [-0.25, -0.2) is 0 Å². The van der Waals surface area contributed by atoms with Crippen LogP contribution in [0.25, 0.3) is 0 Å². The Labute approximate surface area is 179 Å². The third kappa shape index (κ3) is 7.54. The molecule has 0 aromatic heterocycles. The number of aliphatic carboxylic acids is 1. The summed E-state index contributed by atoms with van der Waals surface area (Å²) in [7, 11) is 1.66. The maximum Gasteiger partial charge on any atom is 0.303 e. The molecule has 1 aromatic carbocycles. The number of hydrogen-bond donors (Lipinski definition) is 2. The van der Waals surface area contributed by atoms with Gasteiger partial charge < -0.3 is 14.9 Å². The second kappa shape index (κ2) is 12.5. The molecular weight excluding hydrogens is 380 g/mol. The first-order valence-electron chi connectivity index (χ1n) is 10.8. The van der Waals surface area contributed by atoms with Crippen LogP contribution in [0.5, 0.6) is 0 Å². The SMILES string of the molecule is COCc1cccc(C(C)C(O)/C=C/[C@H]2CCC(=O)[C@@H]2C/C=C\CCCC(=O)O)c1. The second-order valence-corrected chi connectivity index (χ2v) is 8.11. The topological polar surface area (TPSA) is 83.8 Å². The maximum atomic E-state index is 12.3. The van der Waals surface area contributed by atoms with E-state index in [0.717, 1.165) is 17.5 Å². The molecule has 4 atom stereocenters. The molecule has 2 N–H and O–H groups in total. The summed E-state index contributed by atoms with van der Waals surface area (Å²) in [4.78, 5) is 22.8. The summed E-state index contributed by atoms with van der Waals surface area (Å²) in [5, 5.41) is 19.3. The highest BCUT2D eigenvalue weighted by molar-refractivity contribution is 5.83. The average molecular weight is 415 g/mol. The fourth-order valence-corrected chi connectivity index (χ4v) is 3.96. The van der Waals surface area contributed by atoms with E-state index < -0.39 is 12.1 Å². The summed E-state index contributed by atoms with van der Waals surface area (Å²) in [5.41, 5.74) is 2.14. The Morgan fingerprint density at radius 2 is 2.13 bits per heavy atom. The summed E-state index contributed by atoms with van der Waals surface area (Å²) in [6, 6.07) is 8.05. The molecule has 2 unspecified atom stereocenters. The van der Waals surface area contributed by atoms with Crippen LogP contribution in [0, 0.1) is 11.8 Å². The second-order valence-electron chi connectivity index (χ2n) is 8.11. The lowest BCUT2D eigenvalue weighted by Crippen LogP contribution is -2.16. The fraction of sp³-hybridized carbons (Fsp3) is 0.520. The summed E-state index contributed by atoms with van der Waals surface area (Å²) in [5.74, 6) is -0.470. The van der Waals surface area contributed by atoms with E-state index in [1.54, 1.807) is 7.11 Å². The Morgan fingerprint density at radius 3 is 2.87 bits per heavy atom. The highest BCUT2D eigenvalue weighted by Gasteiger charge is 2.32. The van der Waals surface area contributed by atoms with Gasteiger partial charge in [-0.3, -0.25) is 9.59 Å². The molecule has 0 heterocycles. The molecule has 0 radical (unpaired) electrons. The van der Waals surface area contributed by atoms with Crippen LogP contribution in [0.4, 0.5) is 0 Å². The van der Waals surface area contributed by atoms with E-state index in [1.807, 2.05) is 49.4 Å². The van der Waals surface area contributed by atoms with Crippen molar-refractivity contribution in [1.29, 1.82) is 0 Å². The minimum Gasteiger partial charge on any atom is -0.481 e. The van der Waals surface area contributed by atoms with Gasteiger partial charge in [0.1, 0.15) is 5.78 Å². The number of carboxylic acid groups (broad SMARTS) is 1. The Bertz CT molecular complexity index is 752. The summed E-state index contributed by atoms with van der Waals surface area (Å²) in [6.07, 6.45) is 10.8. The number of unbranched alkanes of at least 4 members (excludes halogenated alkanes) is 1. The van der Waals surface area contributed by atoms with E-state index in [4.69, 9.17) is 9.84 Å². The van der Waals surface area contributed by atoms with Crippen LogP contribution in [-0.2, 0) is 20.9 Å². The normalized spacial score (nSPS) is 21.5. The maximum absolute atomic E-state index is 12.3. The lowest BCUT2D eigenvalue weighted by Gasteiger charge is -2.18. The average Bonchev–Trinajstić information content (AvgIpc) is 3.08. The van der Waals surface area contributed by atoms with Gasteiger partial charge in [0.05, 0.1) is 12.7 Å². The molecule has 0 aliphatic heterocycles. The van der Waals surface area contributed by atoms with Crippen molar-refractivity contribution in [2.75, 3.05) is 7.11 Å². The predicted octanol–water partition coefficient (Wildman–Crippen LogP) is 4.65. The first-order valence-corrected chi connectivity index (χ1v) is 10.8. The van der Waals surface area contributed by atoms with Crippen molar-refractivity contribution in [3.05, 3.63) is 59.7 Å². The molecule has 0 saturated heterocycles. The highest BCUT2D eigenvalue weighted by atomic mass is 16.5. The van der Waals surface area contributed by atoms with Crippen LogP contribution in [0.2, 0.25) is 0 Å². The minimum atomic E-state index is -0.780. The third-order valence-electron chi connectivity index (χ3n) is 5.83. The molecule has 164 valence electrons. The number of ether oxygens (including phenoxy) is 1. The van der Waals surface area contributed by atoms with Crippen molar-refractivity contribution in [2.24, 2.45) is 11.8 Å². The van der Waals surface area contributed by atoms with Gasteiger partial charge >= 0.3 is 5.97 Å². The monoisotopic (exact) mass is 414 g/mol. The van der Waals surface area contributed by atoms with Crippen molar-refractivity contribution < 1.29 is 24.5 Å². The van der Waals surface area contributed by atoms with Gasteiger partial charge in [-0.1, -0.05) is 55.5 Å². The third-order valence-corrected chi connectivity index (χ3v) is 5.83. The van der Waals surface area contributed by atoms with Crippen molar-refractivity contribution in [3.63, 3.8) is 0 Å². The highest BCUT2D eigenvalue weighted by Crippen LogP contribution is 2.33. The molecule has 2 rings (SSSR count). The molecule has 0 spiro atoms. The van der Waals surface area contributed by atoms with E-state index in [0.29, 0.717) is 32.3 Å². The van der Waals surface area contributed by atoms with Gasteiger partial charge in [0, 0.05) is 31.8 Å². The number of allylic oxidation sites excluding steroid dienone is 3. The Kier molecular flexibility index (Phi) is 9.98. The van der Waals surface area contributed by atoms with Crippen LogP contribution in [0.1, 0.15) is 62.5 Å². The van der Waals surface area contributed by atoms with E-state index in [2.05, 4.69) is 6.07 Å². The zero-order valence-corrected chi connectivity index (χ0v) is 18.0. The number of ketones is 1. The smallest absolute Gasteiger partial charge is 0.303 e. The number of carbonyl (C=O) groups excluding carboxylic acids is 1. The number of rotatable bonds is 12. The fourth-order valence-electron chi connectivity index (χ4n) is 3.96. The van der Waals surface area contributed by atoms with E-state index in [9.17, 15) is 14.7 Å². The summed E-state index contributed by atoms with van der Waals surface area (Å²) >= 11 is 0. The van der Waals surface area contributed by atoms with Gasteiger partial charge in [0.2, 0.25) is 0 Å². The number of carbonyl (C=O) groups is 2. The van der Waals surface area contributed by atoms with Gasteiger partial charge in [0.15, 0.2) is 0 Å². The molecule has 1 saturated carbocycles.